The highest BCUT2D eigenvalue weighted by Gasteiger charge is 2.20. The van der Waals surface area contributed by atoms with Crippen molar-refractivity contribution in [3.8, 4) is 22.6 Å². The van der Waals surface area contributed by atoms with Gasteiger partial charge >= 0.3 is 5.97 Å². The summed E-state index contributed by atoms with van der Waals surface area (Å²) >= 11 is 1.26. The lowest BCUT2D eigenvalue weighted by Gasteiger charge is -2.10. The topological polar surface area (TPSA) is 104 Å². The lowest BCUT2D eigenvalue weighted by molar-refractivity contribution is -0.113. The number of aromatic nitrogens is 5. The Morgan fingerprint density at radius 3 is 2.54 bits per heavy atom. The minimum atomic E-state index is -0.477. The average molecular weight is 491 g/mol. The first-order valence-corrected chi connectivity index (χ1v) is 12.0. The number of carbonyl (C=O) groups excluding carboxylic acids is 2. The molecule has 2 heterocycles. The number of thioether (sulfide) groups is 1. The highest BCUT2D eigenvalue weighted by Crippen LogP contribution is 2.31. The van der Waals surface area contributed by atoms with Gasteiger partial charge in [0.25, 0.3) is 0 Å². The number of rotatable bonds is 8. The van der Waals surface area contributed by atoms with Crippen LogP contribution in [0.25, 0.3) is 22.6 Å². The highest BCUT2D eigenvalue weighted by atomic mass is 32.2. The molecule has 0 aliphatic rings. The fourth-order valence-electron chi connectivity index (χ4n) is 3.55. The molecule has 0 aliphatic heterocycles. The van der Waals surface area contributed by atoms with Gasteiger partial charge in [-0.25, -0.2) is 4.79 Å². The van der Waals surface area contributed by atoms with Gasteiger partial charge in [-0.1, -0.05) is 53.7 Å². The number of carbonyl (C=O) groups is 2. The minimum Gasteiger partial charge on any atom is -0.462 e. The van der Waals surface area contributed by atoms with Crippen molar-refractivity contribution in [2.24, 2.45) is 14.1 Å². The number of hydrogen-bond donors (Lipinski definition) is 1. The number of hydrogen-bond acceptors (Lipinski definition) is 7. The van der Waals surface area contributed by atoms with Crippen molar-refractivity contribution < 1.29 is 14.3 Å². The maximum atomic E-state index is 12.6. The molecule has 0 spiro atoms. The lowest BCUT2D eigenvalue weighted by atomic mass is 10.1. The Hall–Kier alpha value is -3.92. The summed E-state index contributed by atoms with van der Waals surface area (Å²) in [4.78, 5) is 24.8. The monoisotopic (exact) mass is 490 g/mol. The van der Waals surface area contributed by atoms with Crippen LogP contribution in [0.15, 0.2) is 59.9 Å². The van der Waals surface area contributed by atoms with E-state index in [0.29, 0.717) is 22.2 Å². The molecule has 180 valence electrons. The van der Waals surface area contributed by atoms with Gasteiger partial charge in [0.15, 0.2) is 11.0 Å². The molecule has 0 fully saturated rings. The van der Waals surface area contributed by atoms with E-state index < -0.39 is 5.97 Å². The molecule has 1 N–H and O–H groups in total. The molecule has 0 bridgehead atoms. The third-order valence-corrected chi connectivity index (χ3v) is 6.28. The Kier molecular flexibility index (Phi) is 7.31. The van der Waals surface area contributed by atoms with Gasteiger partial charge in [0.05, 0.1) is 29.2 Å². The molecule has 0 atom stereocenters. The number of nitrogens with zero attached hydrogens (tertiary/aromatic N) is 5. The predicted molar refractivity (Wildman–Crippen MR) is 135 cm³/mol. The highest BCUT2D eigenvalue weighted by molar-refractivity contribution is 7.99. The molecule has 0 saturated heterocycles. The minimum absolute atomic E-state index is 0.0982. The maximum Gasteiger partial charge on any atom is 0.340 e. The van der Waals surface area contributed by atoms with Crippen molar-refractivity contribution in [3.05, 3.63) is 65.9 Å². The molecule has 0 aliphatic carbocycles. The van der Waals surface area contributed by atoms with Crippen LogP contribution in [0.3, 0.4) is 0 Å². The van der Waals surface area contributed by atoms with Crippen LogP contribution in [0.5, 0.6) is 0 Å². The van der Waals surface area contributed by atoms with Gasteiger partial charge in [-0.2, -0.15) is 5.10 Å². The van der Waals surface area contributed by atoms with Crippen LogP contribution in [0.4, 0.5) is 5.69 Å². The van der Waals surface area contributed by atoms with Crippen LogP contribution in [-0.2, 0) is 23.6 Å². The normalized spacial score (nSPS) is 10.9. The molecule has 0 radical (unpaired) electrons. The Bertz CT molecular complexity index is 1360. The number of amides is 1. The van der Waals surface area contributed by atoms with E-state index in [1.165, 1.54) is 17.3 Å². The molecule has 1 amide bonds. The summed E-state index contributed by atoms with van der Waals surface area (Å²) < 4.78 is 8.66. The van der Waals surface area contributed by atoms with Crippen molar-refractivity contribution in [3.63, 3.8) is 0 Å². The molecular weight excluding hydrogens is 464 g/mol. The maximum absolute atomic E-state index is 12.6. The first-order chi connectivity index (χ1) is 16.9. The van der Waals surface area contributed by atoms with Gasteiger partial charge in [0.1, 0.15) is 5.69 Å². The number of anilines is 1. The number of benzene rings is 2. The molecule has 0 unspecified atom stereocenters. The van der Waals surface area contributed by atoms with E-state index >= 15 is 0 Å². The van der Waals surface area contributed by atoms with E-state index in [-0.39, 0.29) is 18.3 Å². The molecular formula is C25H26N6O3S. The Balaban J connectivity index is 1.49. The molecule has 2 aromatic heterocycles. The second-order valence-corrected chi connectivity index (χ2v) is 8.84. The third kappa shape index (κ3) is 5.43. The molecule has 4 rings (SSSR count). The van der Waals surface area contributed by atoms with E-state index in [2.05, 4.69) is 20.6 Å². The third-order valence-electron chi connectivity index (χ3n) is 5.26. The van der Waals surface area contributed by atoms with Crippen molar-refractivity contribution in [2.75, 3.05) is 17.7 Å². The molecule has 10 heteroatoms. The fraction of sp³-hybridized carbons (Fsp3) is 0.240. The van der Waals surface area contributed by atoms with Crippen LogP contribution < -0.4 is 5.32 Å². The summed E-state index contributed by atoms with van der Waals surface area (Å²) in [5.41, 5.74) is 4.55. The summed E-state index contributed by atoms with van der Waals surface area (Å²) in [5.74, 6) is 0.0122. The van der Waals surface area contributed by atoms with E-state index in [1.807, 2.05) is 56.0 Å². The smallest absolute Gasteiger partial charge is 0.340 e. The van der Waals surface area contributed by atoms with Gasteiger partial charge in [0.2, 0.25) is 5.91 Å². The summed E-state index contributed by atoms with van der Waals surface area (Å²) in [6.45, 7) is 4.04. The summed E-state index contributed by atoms with van der Waals surface area (Å²) in [6, 6.07) is 14.9. The second-order valence-electron chi connectivity index (χ2n) is 7.90. The van der Waals surface area contributed by atoms with Crippen LogP contribution >= 0.6 is 11.8 Å². The van der Waals surface area contributed by atoms with Crippen molar-refractivity contribution >= 4 is 29.3 Å². The molecule has 0 saturated carbocycles. The zero-order valence-corrected chi connectivity index (χ0v) is 20.8. The molecule has 9 nitrogen and oxygen atoms in total. The Morgan fingerprint density at radius 1 is 1.06 bits per heavy atom. The number of nitrogens with one attached hydrogen (secondary N) is 1. The Labute approximate surface area is 207 Å². The van der Waals surface area contributed by atoms with Crippen LogP contribution in [0.1, 0.15) is 22.8 Å². The van der Waals surface area contributed by atoms with Gasteiger partial charge in [-0.3, -0.25) is 9.48 Å². The van der Waals surface area contributed by atoms with Crippen LogP contribution in [0, 0.1) is 6.92 Å². The predicted octanol–water partition coefficient (Wildman–Crippen LogP) is 4.10. The first kappa shape index (κ1) is 24.2. The number of esters is 1. The zero-order chi connectivity index (χ0) is 24.9. The van der Waals surface area contributed by atoms with Crippen molar-refractivity contribution in [2.45, 2.75) is 19.0 Å². The zero-order valence-electron chi connectivity index (χ0n) is 20.0. The van der Waals surface area contributed by atoms with Gasteiger partial charge in [0, 0.05) is 25.9 Å². The summed E-state index contributed by atoms with van der Waals surface area (Å²) in [5, 5.41) is 16.6. The quantitative estimate of drug-likeness (QED) is 0.293. The SMILES string of the molecule is CCOC(=O)c1ccccc1NC(=O)CSc1nnc(-c2cn(C)nc2-c2ccc(C)cc2)n1C. The van der Waals surface area contributed by atoms with E-state index in [1.54, 1.807) is 35.9 Å². The van der Waals surface area contributed by atoms with Gasteiger partial charge in [-0.15, -0.1) is 10.2 Å². The fourth-order valence-corrected chi connectivity index (χ4v) is 4.26. The first-order valence-electron chi connectivity index (χ1n) is 11.1. The van der Waals surface area contributed by atoms with Gasteiger partial charge < -0.3 is 14.6 Å². The van der Waals surface area contributed by atoms with Gasteiger partial charge in [-0.05, 0) is 26.0 Å². The van der Waals surface area contributed by atoms with Crippen molar-refractivity contribution in [1.29, 1.82) is 0 Å². The second kappa shape index (κ2) is 10.6. The Morgan fingerprint density at radius 2 is 1.80 bits per heavy atom. The number of aryl methyl sites for hydroxylation is 2. The van der Waals surface area contributed by atoms with Crippen LogP contribution in [0.2, 0.25) is 0 Å². The summed E-state index contributed by atoms with van der Waals surface area (Å²) in [6.07, 6.45) is 1.91. The molecule has 2 aromatic carbocycles. The summed E-state index contributed by atoms with van der Waals surface area (Å²) in [7, 11) is 3.73. The standard InChI is InChI=1S/C25H26N6O3S/c1-5-34-24(33)18-8-6-7-9-20(18)26-21(32)15-35-25-28-27-23(31(25)4)19-14-30(3)29-22(19)17-12-10-16(2)11-13-17/h6-14H,5,15H2,1-4H3,(H,26,32). The average Bonchev–Trinajstić information content (AvgIpc) is 3.40. The van der Waals surface area contributed by atoms with Crippen LogP contribution in [-0.4, -0.2) is 48.8 Å². The van der Waals surface area contributed by atoms with Crippen molar-refractivity contribution in [1.82, 2.24) is 24.5 Å². The molecule has 35 heavy (non-hydrogen) atoms. The number of ether oxygens (including phenoxy) is 1. The lowest BCUT2D eigenvalue weighted by Crippen LogP contribution is -2.17. The number of para-hydroxylation sites is 1. The van der Waals surface area contributed by atoms with E-state index in [0.717, 1.165) is 16.8 Å². The van der Waals surface area contributed by atoms with E-state index in [9.17, 15) is 9.59 Å². The largest absolute Gasteiger partial charge is 0.462 e. The van der Waals surface area contributed by atoms with E-state index in [4.69, 9.17) is 4.74 Å². The molecule has 4 aromatic rings.